The summed E-state index contributed by atoms with van der Waals surface area (Å²) in [7, 11) is 2.03. The van der Waals surface area contributed by atoms with Gasteiger partial charge in [-0.3, -0.25) is 0 Å². The van der Waals surface area contributed by atoms with Crippen molar-refractivity contribution >= 4 is 27.4 Å². The van der Waals surface area contributed by atoms with Crippen molar-refractivity contribution in [3.8, 4) is 0 Å². The van der Waals surface area contributed by atoms with Crippen molar-refractivity contribution in [3.05, 3.63) is 17.3 Å². The first-order valence-electron chi connectivity index (χ1n) is 5.60. The van der Waals surface area contributed by atoms with Crippen LogP contribution in [0.5, 0.6) is 0 Å². The highest BCUT2D eigenvalue weighted by molar-refractivity contribution is 7.18. The molecule has 5 heteroatoms. The summed E-state index contributed by atoms with van der Waals surface area (Å²) in [6.07, 6.45) is 1.63. The number of fused-ring (bicyclic) bond motifs is 1. The second-order valence-corrected chi connectivity index (χ2v) is 5.75. The van der Waals surface area contributed by atoms with Crippen molar-refractivity contribution in [2.75, 3.05) is 18.5 Å². The summed E-state index contributed by atoms with van der Waals surface area (Å²) >= 11 is 1.69. The molecule has 2 aromatic heterocycles. The fraction of sp³-hybridized carbons (Fsp3) is 0.500. The minimum Gasteiger partial charge on any atom is -0.352 e. The van der Waals surface area contributed by atoms with E-state index in [9.17, 15) is 0 Å². The van der Waals surface area contributed by atoms with Gasteiger partial charge in [-0.2, -0.15) is 0 Å². The van der Waals surface area contributed by atoms with Gasteiger partial charge in [-0.25, -0.2) is 9.97 Å². The molecule has 0 amide bonds. The molecule has 2 rings (SSSR count). The number of anilines is 1. The van der Waals surface area contributed by atoms with Crippen molar-refractivity contribution < 1.29 is 0 Å². The second kappa shape index (κ2) is 4.23. The monoisotopic (exact) mass is 250 g/mol. The summed E-state index contributed by atoms with van der Waals surface area (Å²) in [6, 6.07) is 0. The normalized spacial score (nSPS) is 12.1. The van der Waals surface area contributed by atoms with Crippen molar-refractivity contribution in [1.82, 2.24) is 9.97 Å². The van der Waals surface area contributed by atoms with Gasteiger partial charge >= 0.3 is 0 Å². The number of likely N-dealkylation sites (N-methyl/N-ethyl adjacent to an activating group) is 1. The number of thiophene rings is 1. The molecule has 0 aliphatic rings. The molecule has 0 atom stereocenters. The molecule has 4 nitrogen and oxygen atoms in total. The predicted molar refractivity (Wildman–Crippen MR) is 73.7 cm³/mol. The van der Waals surface area contributed by atoms with Gasteiger partial charge in [0.2, 0.25) is 0 Å². The molecule has 0 bridgehead atoms. The fourth-order valence-corrected chi connectivity index (χ4v) is 2.65. The van der Waals surface area contributed by atoms with Gasteiger partial charge in [0.15, 0.2) is 0 Å². The number of hydrogen-bond acceptors (Lipinski definition) is 5. The Bertz CT molecular complexity index is 532. The van der Waals surface area contributed by atoms with E-state index in [0.717, 1.165) is 16.0 Å². The SMILES string of the molecule is Cc1csc2c(N(C)C(C)(C)CN)ncnc12. The Morgan fingerprint density at radius 2 is 2.12 bits per heavy atom. The molecule has 2 heterocycles. The van der Waals surface area contributed by atoms with Gasteiger partial charge in [-0.1, -0.05) is 0 Å². The third-order valence-electron chi connectivity index (χ3n) is 3.24. The van der Waals surface area contributed by atoms with Crippen LogP contribution < -0.4 is 10.6 Å². The van der Waals surface area contributed by atoms with E-state index in [-0.39, 0.29) is 5.54 Å². The largest absolute Gasteiger partial charge is 0.352 e. The van der Waals surface area contributed by atoms with Crippen LogP contribution in [-0.4, -0.2) is 29.1 Å². The van der Waals surface area contributed by atoms with E-state index >= 15 is 0 Å². The quantitative estimate of drug-likeness (QED) is 0.907. The van der Waals surface area contributed by atoms with Crippen LogP contribution in [-0.2, 0) is 0 Å². The highest BCUT2D eigenvalue weighted by Crippen LogP contribution is 2.32. The molecule has 2 aromatic rings. The average molecular weight is 250 g/mol. The van der Waals surface area contributed by atoms with Gasteiger partial charge in [-0.15, -0.1) is 11.3 Å². The van der Waals surface area contributed by atoms with Crippen LogP contribution >= 0.6 is 11.3 Å². The zero-order valence-corrected chi connectivity index (χ0v) is 11.5. The summed E-state index contributed by atoms with van der Waals surface area (Å²) in [5.41, 5.74) is 7.94. The van der Waals surface area contributed by atoms with E-state index < -0.39 is 0 Å². The van der Waals surface area contributed by atoms with Gasteiger partial charge in [0, 0.05) is 19.1 Å². The van der Waals surface area contributed by atoms with Crippen LogP contribution in [0.4, 0.5) is 5.82 Å². The summed E-state index contributed by atoms with van der Waals surface area (Å²) < 4.78 is 1.13. The van der Waals surface area contributed by atoms with E-state index in [1.807, 2.05) is 7.05 Å². The number of nitrogens with zero attached hydrogens (tertiary/aromatic N) is 3. The molecular formula is C12H18N4S. The Morgan fingerprint density at radius 1 is 1.41 bits per heavy atom. The molecule has 0 radical (unpaired) electrons. The summed E-state index contributed by atoms with van der Waals surface area (Å²) in [5, 5.41) is 2.12. The van der Waals surface area contributed by atoms with E-state index in [2.05, 4.69) is 41.0 Å². The van der Waals surface area contributed by atoms with Crippen LogP contribution in [0.1, 0.15) is 19.4 Å². The lowest BCUT2D eigenvalue weighted by molar-refractivity contribution is 0.496. The Kier molecular flexibility index (Phi) is 3.05. The van der Waals surface area contributed by atoms with Crippen molar-refractivity contribution in [3.63, 3.8) is 0 Å². The fourth-order valence-electron chi connectivity index (χ4n) is 1.62. The topological polar surface area (TPSA) is 55.0 Å². The maximum atomic E-state index is 5.81. The molecule has 0 aromatic carbocycles. The van der Waals surface area contributed by atoms with Crippen LogP contribution in [0.3, 0.4) is 0 Å². The first-order valence-corrected chi connectivity index (χ1v) is 6.48. The number of aryl methyl sites for hydroxylation is 1. The van der Waals surface area contributed by atoms with Crippen LogP contribution in [0.15, 0.2) is 11.7 Å². The summed E-state index contributed by atoms with van der Waals surface area (Å²) in [5.74, 6) is 0.962. The number of nitrogens with two attached hydrogens (primary N) is 1. The third-order valence-corrected chi connectivity index (χ3v) is 4.32. The maximum Gasteiger partial charge on any atom is 0.150 e. The first-order chi connectivity index (χ1) is 7.97. The molecule has 0 aliphatic carbocycles. The molecule has 0 saturated carbocycles. The smallest absolute Gasteiger partial charge is 0.150 e. The van der Waals surface area contributed by atoms with Gasteiger partial charge in [0.1, 0.15) is 12.1 Å². The Balaban J connectivity index is 2.56. The standard InChI is InChI=1S/C12H18N4S/c1-8-5-17-10-9(8)14-7-15-11(10)16(4)12(2,3)6-13/h5,7H,6,13H2,1-4H3. The van der Waals surface area contributed by atoms with Gasteiger partial charge in [0.25, 0.3) is 0 Å². The van der Waals surface area contributed by atoms with Gasteiger partial charge < -0.3 is 10.6 Å². The minimum atomic E-state index is -0.112. The number of rotatable bonds is 3. The van der Waals surface area contributed by atoms with Gasteiger partial charge in [0.05, 0.1) is 10.2 Å². The molecular weight excluding hydrogens is 232 g/mol. The van der Waals surface area contributed by atoms with Crippen LogP contribution in [0.25, 0.3) is 10.2 Å². The molecule has 0 saturated heterocycles. The first kappa shape index (κ1) is 12.3. The molecule has 0 unspecified atom stereocenters. The second-order valence-electron chi connectivity index (χ2n) is 4.87. The molecule has 0 aliphatic heterocycles. The van der Waals surface area contributed by atoms with E-state index in [1.54, 1.807) is 17.7 Å². The lowest BCUT2D eigenvalue weighted by Crippen LogP contribution is -2.47. The molecule has 2 N–H and O–H groups in total. The highest BCUT2D eigenvalue weighted by Gasteiger charge is 2.25. The zero-order valence-electron chi connectivity index (χ0n) is 10.7. The molecule has 0 spiro atoms. The van der Waals surface area contributed by atoms with Gasteiger partial charge in [-0.05, 0) is 31.7 Å². The van der Waals surface area contributed by atoms with E-state index in [4.69, 9.17) is 5.73 Å². The van der Waals surface area contributed by atoms with Crippen molar-refractivity contribution in [1.29, 1.82) is 0 Å². The molecule has 92 valence electrons. The maximum absolute atomic E-state index is 5.81. The van der Waals surface area contributed by atoms with Crippen LogP contribution in [0, 0.1) is 6.92 Å². The zero-order chi connectivity index (χ0) is 12.6. The predicted octanol–water partition coefficient (Wildman–Crippen LogP) is 2.17. The van der Waals surface area contributed by atoms with Crippen LogP contribution in [0.2, 0.25) is 0 Å². The summed E-state index contributed by atoms with van der Waals surface area (Å²) in [4.78, 5) is 10.9. The number of hydrogen-bond donors (Lipinski definition) is 1. The van der Waals surface area contributed by atoms with Crippen molar-refractivity contribution in [2.24, 2.45) is 5.73 Å². The molecule has 0 fully saturated rings. The lowest BCUT2D eigenvalue weighted by Gasteiger charge is -2.35. The Labute approximate surface area is 105 Å². The minimum absolute atomic E-state index is 0.112. The summed E-state index contributed by atoms with van der Waals surface area (Å²) in [6.45, 7) is 6.88. The lowest BCUT2D eigenvalue weighted by atomic mass is 10.0. The Hall–Kier alpha value is -1.20. The third kappa shape index (κ3) is 2.00. The Morgan fingerprint density at radius 3 is 2.76 bits per heavy atom. The molecule has 17 heavy (non-hydrogen) atoms. The number of aromatic nitrogens is 2. The highest BCUT2D eigenvalue weighted by atomic mass is 32.1. The van der Waals surface area contributed by atoms with Crippen molar-refractivity contribution in [2.45, 2.75) is 26.3 Å². The average Bonchev–Trinajstić information content (AvgIpc) is 2.70. The van der Waals surface area contributed by atoms with E-state index in [1.165, 1.54) is 5.56 Å². The van der Waals surface area contributed by atoms with E-state index in [0.29, 0.717) is 6.54 Å².